The number of benzene rings is 2. The third-order valence-corrected chi connectivity index (χ3v) is 4.43. The highest BCUT2D eigenvalue weighted by atomic mass is 16.5. The van der Waals surface area contributed by atoms with Gasteiger partial charge in [0.2, 0.25) is 0 Å². The molecule has 0 radical (unpaired) electrons. The van der Waals surface area contributed by atoms with E-state index in [2.05, 4.69) is 16.0 Å². The molecule has 0 fully saturated rings. The van der Waals surface area contributed by atoms with Crippen molar-refractivity contribution >= 4 is 11.0 Å². The fourth-order valence-corrected chi connectivity index (χ4v) is 3.07. The average Bonchev–Trinajstić information content (AvgIpc) is 3.11. The van der Waals surface area contributed by atoms with Crippen molar-refractivity contribution in [2.45, 2.75) is 0 Å². The van der Waals surface area contributed by atoms with Crippen LogP contribution in [0.5, 0.6) is 17.2 Å². The monoisotopic (exact) mass is 346 g/mol. The number of rotatable bonds is 4. The second-order valence-electron chi connectivity index (χ2n) is 5.94. The molecule has 5 nitrogen and oxygen atoms in total. The maximum atomic E-state index is 9.52. The Morgan fingerprint density at radius 2 is 1.69 bits per heavy atom. The van der Waals surface area contributed by atoms with E-state index >= 15 is 0 Å². The minimum Gasteiger partial charge on any atom is -0.508 e. The Kier molecular flexibility index (Phi) is 3.97. The van der Waals surface area contributed by atoms with Gasteiger partial charge in [0.25, 0.3) is 0 Å². The van der Waals surface area contributed by atoms with E-state index in [9.17, 15) is 5.11 Å². The summed E-state index contributed by atoms with van der Waals surface area (Å²) in [7, 11) is 3.27. The number of aromatic amines is 1. The number of aromatic nitrogens is 2. The zero-order chi connectivity index (χ0) is 18.1. The van der Waals surface area contributed by atoms with Gasteiger partial charge in [-0.2, -0.15) is 0 Å². The summed E-state index contributed by atoms with van der Waals surface area (Å²) in [5.74, 6) is 1.72. The summed E-state index contributed by atoms with van der Waals surface area (Å²) in [6.07, 6.45) is 3.75. The highest BCUT2D eigenvalue weighted by molar-refractivity contribution is 5.96. The molecule has 0 saturated heterocycles. The van der Waals surface area contributed by atoms with Gasteiger partial charge in [-0.05, 0) is 35.9 Å². The van der Waals surface area contributed by atoms with Crippen LogP contribution in [0.25, 0.3) is 33.3 Å². The number of ether oxygens (including phenoxy) is 2. The Hall–Kier alpha value is -3.47. The number of nitrogens with one attached hydrogen (secondary N) is 1. The van der Waals surface area contributed by atoms with Crippen LogP contribution in [0.1, 0.15) is 0 Å². The van der Waals surface area contributed by atoms with Crippen molar-refractivity contribution < 1.29 is 14.6 Å². The van der Waals surface area contributed by atoms with Crippen LogP contribution in [0.15, 0.2) is 60.9 Å². The van der Waals surface area contributed by atoms with Crippen LogP contribution in [0.3, 0.4) is 0 Å². The van der Waals surface area contributed by atoms with Crippen molar-refractivity contribution in [2.24, 2.45) is 0 Å². The number of phenolic OH excluding ortho intramolecular Hbond substituents is 1. The molecule has 2 aromatic carbocycles. The van der Waals surface area contributed by atoms with Gasteiger partial charge in [-0.15, -0.1) is 0 Å². The number of hydrogen-bond donors (Lipinski definition) is 2. The predicted molar refractivity (Wildman–Crippen MR) is 102 cm³/mol. The van der Waals surface area contributed by atoms with Crippen molar-refractivity contribution in [3.63, 3.8) is 0 Å². The number of aromatic hydroxyl groups is 1. The van der Waals surface area contributed by atoms with Gasteiger partial charge in [0.05, 0.1) is 14.2 Å². The first-order valence-electron chi connectivity index (χ1n) is 8.18. The number of phenols is 1. The van der Waals surface area contributed by atoms with Gasteiger partial charge in [0.1, 0.15) is 22.9 Å². The molecule has 2 aromatic heterocycles. The minimum absolute atomic E-state index is 0.246. The topological polar surface area (TPSA) is 67.4 Å². The summed E-state index contributed by atoms with van der Waals surface area (Å²) in [4.78, 5) is 7.75. The number of nitrogens with zero attached hydrogens (tertiary/aromatic N) is 1. The molecule has 0 unspecified atom stereocenters. The zero-order valence-corrected chi connectivity index (χ0v) is 14.5. The van der Waals surface area contributed by atoms with Crippen LogP contribution in [-0.2, 0) is 0 Å². The van der Waals surface area contributed by atoms with Crippen molar-refractivity contribution in [2.75, 3.05) is 14.2 Å². The highest BCUT2D eigenvalue weighted by Gasteiger charge is 2.12. The summed E-state index contributed by atoms with van der Waals surface area (Å²) in [6, 6.07) is 14.9. The highest BCUT2D eigenvalue weighted by Crippen LogP contribution is 2.36. The molecule has 2 heterocycles. The Labute approximate surface area is 150 Å². The molecule has 0 atom stereocenters. The summed E-state index contributed by atoms with van der Waals surface area (Å²) in [6.45, 7) is 0. The lowest BCUT2D eigenvalue weighted by atomic mass is 10.0. The van der Waals surface area contributed by atoms with E-state index < -0.39 is 0 Å². The summed E-state index contributed by atoms with van der Waals surface area (Å²) in [5, 5.41) is 10.5. The van der Waals surface area contributed by atoms with E-state index in [1.54, 1.807) is 26.4 Å². The van der Waals surface area contributed by atoms with E-state index in [1.165, 1.54) is 0 Å². The second-order valence-corrected chi connectivity index (χ2v) is 5.94. The van der Waals surface area contributed by atoms with Crippen LogP contribution in [0, 0.1) is 0 Å². The van der Waals surface area contributed by atoms with Gasteiger partial charge < -0.3 is 19.6 Å². The maximum Gasteiger partial charge on any atom is 0.137 e. The molecule has 0 aliphatic rings. The third kappa shape index (κ3) is 2.73. The largest absolute Gasteiger partial charge is 0.508 e. The van der Waals surface area contributed by atoms with Crippen LogP contribution >= 0.6 is 0 Å². The molecule has 0 saturated carbocycles. The molecule has 130 valence electrons. The first kappa shape index (κ1) is 16.0. The maximum absolute atomic E-state index is 9.52. The van der Waals surface area contributed by atoms with Gasteiger partial charge in [0, 0.05) is 40.5 Å². The number of methoxy groups -OCH3 is 2. The van der Waals surface area contributed by atoms with Gasteiger partial charge in [-0.3, -0.25) is 0 Å². The van der Waals surface area contributed by atoms with Crippen LogP contribution < -0.4 is 9.47 Å². The Bertz CT molecular complexity index is 1070. The van der Waals surface area contributed by atoms with E-state index in [-0.39, 0.29) is 5.75 Å². The predicted octanol–water partition coefficient (Wildman–Crippen LogP) is 4.62. The van der Waals surface area contributed by atoms with Crippen molar-refractivity contribution in [1.82, 2.24) is 9.97 Å². The molecule has 0 bridgehead atoms. The number of H-pyrrole nitrogens is 1. The minimum atomic E-state index is 0.246. The Morgan fingerprint density at radius 1 is 0.885 bits per heavy atom. The normalized spacial score (nSPS) is 10.8. The number of fused-ring (bicyclic) bond motifs is 1. The third-order valence-electron chi connectivity index (χ3n) is 4.43. The molecule has 0 amide bonds. The lowest BCUT2D eigenvalue weighted by molar-refractivity contribution is 0.395. The quantitative estimate of drug-likeness (QED) is 0.566. The lowest BCUT2D eigenvalue weighted by Gasteiger charge is -2.10. The lowest BCUT2D eigenvalue weighted by Crippen LogP contribution is -1.91. The zero-order valence-electron chi connectivity index (χ0n) is 14.5. The van der Waals surface area contributed by atoms with Gasteiger partial charge in [-0.1, -0.05) is 12.1 Å². The van der Waals surface area contributed by atoms with Crippen molar-refractivity contribution in [3.8, 4) is 39.5 Å². The Morgan fingerprint density at radius 3 is 2.42 bits per heavy atom. The summed E-state index contributed by atoms with van der Waals surface area (Å²) < 4.78 is 10.8. The van der Waals surface area contributed by atoms with Crippen molar-refractivity contribution in [3.05, 3.63) is 60.9 Å². The van der Waals surface area contributed by atoms with E-state index in [0.29, 0.717) is 0 Å². The smallest absolute Gasteiger partial charge is 0.137 e. The SMILES string of the molecule is COc1ccc(-c2cnc3[nH]cc(-c4ccc(O)cc4)c3c2)c(OC)c1. The van der Waals surface area contributed by atoms with Crippen LogP contribution in [0.4, 0.5) is 0 Å². The summed E-state index contributed by atoms with van der Waals surface area (Å²) >= 11 is 0. The van der Waals surface area contributed by atoms with Crippen LogP contribution in [0.2, 0.25) is 0 Å². The molecule has 4 aromatic rings. The molecule has 5 heteroatoms. The number of hydrogen-bond acceptors (Lipinski definition) is 4. The fourth-order valence-electron chi connectivity index (χ4n) is 3.07. The second kappa shape index (κ2) is 6.44. The molecule has 0 aliphatic carbocycles. The van der Waals surface area contributed by atoms with E-state index in [4.69, 9.17) is 9.47 Å². The fraction of sp³-hybridized carbons (Fsp3) is 0.0952. The first-order chi connectivity index (χ1) is 12.7. The molecule has 2 N–H and O–H groups in total. The molecular formula is C21H18N2O3. The summed E-state index contributed by atoms with van der Waals surface area (Å²) in [5.41, 5.74) is 4.75. The van der Waals surface area contributed by atoms with Gasteiger partial charge in [0.15, 0.2) is 0 Å². The number of pyridine rings is 1. The average molecular weight is 346 g/mol. The molecular weight excluding hydrogens is 328 g/mol. The first-order valence-corrected chi connectivity index (χ1v) is 8.18. The van der Waals surface area contributed by atoms with Crippen LogP contribution in [-0.4, -0.2) is 29.3 Å². The standard InChI is InChI=1S/C21H18N2O3/c1-25-16-7-8-17(20(10-16)26-2)14-9-18-19(12-23-21(18)22-11-14)13-3-5-15(24)6-4-13/h3-12,24H,1-2H3,(H,22,23). The van der Waals surface area contributed by atoms with Crippen molar-refractivity contribution in [1.29, 1.82) is 0 Å². The molecule has 4 rings (SSSR count). The molecule has 26 heavy (non-hydrogen) atoms. The van der Waals surface area contributed by atoms with Gasteiger partial charge >= 0.3 is 0 Å². The molecule has 0 aliphatic heterocycles. The van der Waals surface area contributed by atoms with Gasteiger partial charge in [-0.25, -0.2) is 4.98 Å². The van der Waals surface area contributed by atoms with E-state index in [1.807, 2.05) is 42.7 Å². The molecule has 0 spiro atoms. The Balaban J connectivity index is 1.85. The van der Waals surface area contributed by atoms with E-state index in [0.717, 1.165) is 44.8 Å².